The summed E-state index contributed by atoms with van der Waals surface area (Å²) in [6.07, 6.45) is 8.75. The Morgan fingerprint density at radius 2 is 1.75 bits per heavy atom. The smallest absolute Gasteiger partial charge is 0.0234 e. The molecule has 1 unspecified atom stereocenters. The van der Waals surface area contributed by atoms with E-state index in [1.165, 1.54) is 32.1 Å². The van der Waals surface area contributed by atoms with Crippen LogP contribution in [0.5, 0.6) is 0 Å². The first-order valence-corrected chi connectivity index (χ1v) is 5.40. The Morgan fingerprint density at radius 3 is 2.08 bits per heavy atom. The van der Waals surface area contributed by atoms with Gasteiger partial charge < -0.3 is 0 Å². The van der Waals surface area contributed by atoms with Crippen molar-refractivity contribution in [1.82, 2.24) is 0 Å². The molecule has 0 amide bonds. The average molecular weight is 168 g/mol. The van der Waals surface area contributed by atoms with Crippen LogP contribution in [-0.4, -0.2) is 0 Å². The molecule has 0 aromatic carbocycles. The van der Waals surface area contributed by atoms with E-state index in [1.807, 2.05) is 0 Å². The molecule has 0 aliphatic heterocycles. The van der Waals surface area contributed by atoms with Crippen molar-refractivity contribution in [2.45, 2.75) is 52.9 Å². The summed E-state index contributed by atoms with van der Waals surface area (Å²) in [7, 11) is 0. The average Bonchev–Trinajstić information content (AvgIpc) is 2.12. The minimum absolute atomic E-state index is 0.764. The van der Waals surface area contributed by atoms with Gasteiger partial charge in [0.1, 0.15) is 0 Å². The molecule has 72 valence electrons. The van der Waals surface area contributed by atoms with Gasteiger partial charge in [0.2, 0.25) is 0 Å². The van der Waals surface area contributed by atoms with E-state index in [0.29, 0.717) is 0 Å². The molecule has 0 bridgehead atoms. The number of hydrogen-bond donors (Lipinski definition) is 0. The van der Waals surface area contributed by atoms with Gasteiger partial charge in [-0.1, -0.05) is 46.1 Å². The Hall–Kier alpha value is -0.260. The van der Waals surface area contributed by atoms with Gasteiger partial charge in [0, 0.05) is 0 Å². The monoisotopic (exact) mass is 168 g/mol. The molecule has 0 nitrogen and oxygen atoms in total. The minimum atomic E-state index is 0.764. The molecule has 0 N–H and O–H groups in total. The first-order valence-electron chi connectivity index (χ1n) is 5.40. The van der Waals surface area contributed by atoms with Crippen molar-refractivity contribution in [3.05, 3.63) is 12.7 Å². The van der Waals surface area contributed by atoms with Crippen LogP contribution in [0.1, 0.15) is 52.9 Å². The van der Waals surface area contributed by atoms with E-state index in [9.17, 15) is 0 Å². The zero-order valence-electron chi connectivity index (χ0n) is 8.97. The Kier molecular flexibility index (Phi) is 7.23. The van der Waals surface area contributed by atoms with Gasteiger partial charge in [-0.2, -0.15) is 0 Å². The minimum Gasteiger partial charge on any atom is -0.103 e. The molecule has 0 aliphatic carbocycles. The highest BCUT2D eigenvalue weighted by molar-refractivity contribution is 4.80. The van der Waals surface area contributed by atoms with Gasteiger partial charge in [-0.3, -0.25) is 0 Å². The normalized spacial score (nSPS) is 13.3. The summed E-state index contributed by atoms with van der Waals surface area (Å²) in [5, 5.41) is 0. The van der Waals surface area contributed by atoms with Crippen molar-refractivity contribution in [3.8, 4) is 0 Å². The van der Waals surface area contributed by atoms with Crippen LogP contribution < -0.4 is 0 Å². The maximum absolute atomic E-state index is 3.90. The van der Waals surface area contributed by atoms with E-state index < -0.39 is 0 Å². The van der Waals surface area contributed by atoms with Crippen LogP contribution in [0, 0.1) is 11.8 Å². The highest BCUT2D eigenvalue weighted by Crippen LogP contribution is 2.22. The second-order valence-electron chi connectivity index (χ2n) is 3.70. The molecule has 0 saturated heterocycles. The Labute approximate surface area is 78.1 Å². The maximum Gasteiger partial charge on any atom is -0.0234 e. The third-order valence-electron chi connectivity index (χ3n) is 2.78. The summed E-state index contributed by atoms with van der Waals surface area (Å²) < 4.78 is 0. The molecule has 0 heterocycles. The molecule has 0 aliphatic rings. The predicted molar refractivity (Wildman–Crippen MR) is 57.3 cm³/mol. The Morgan fingerprint density at radius 1 is 1.17 bits per heavy atom. The van der Waals surface area contributed by atoms with E-state index in [1.54, 1.807) is 0 Å². The molecule has 0 radical (unpaired) electrons. The van der Waals surface area contributed by atoms with Gasteiger partial charge in [0.25, 0.3) is 0 Å². The fraction of sp³-hybridized carbons (Fsp3) is 0.833. The summed E-state index contributed by atoms with van der Waals surface area (Å²) in [5.74, 6) is 1.68. The van der Waals surface area contributed by atoms with Crippen molar-refractivity contribution < 1.29 is 0 Å². The highest BCUT2D eigenvalue weighted by Gasteiger charge is 2.09. The molecule has 0 heteroatoms. The van der Waals surface area contributed by atoms with Crippen molar-refractivity contribution >= 4 is 0 Å². The topological polar surface area (TPSA) is 0 Å². The largest absolute Gasteiger partial charge is 0.103 e. The van der Waals surface area contributed by atoms with E-state index >= 15 is 0 Å². The predicted octanol–water partition coefficient (Wildman–Crippen LogP) is 4.42. The third-order valence-corrected chi connectivity index (χ3v) is 2.78. The van der Waals surface area contributed by atoms with E-state index in [-0.39, 0.29) is 0 Å². The van der Waals surface area contributed by atoms with Gasteiger partial charge in [0.15, 0.2) is 0 Å². The van der Waals surface area contributed by atoms with Gasteiger partial charge in [0.05, 0.1) is 0 Å². The molecule has 0 spiro atoms. The highest BCUT2D eigenvalue weighted by atomic mass is 14.1. The lowest BCUT2D eigenvalue weighted by Gasteiger charge is -2.18. The van der Waals surface area contributed by atoms with Crippen LogP contribution in [0.4, 0.5) is 0 Å². The quantitative estimate of drug-likeness (QED) is 0.494. The molecule has 0 aromatic heterocycles. The van der Waals surface area contributed by atoms with Crippen molar-refractivity contribution in [2.24, 2.45) is 11.8 Å². The van der Waals surface area contributed by atoms with Gasteiger partial charge in [-0.15, -0.1) is 6.58 Å². The van der Waals surface area contributed by atoms with E-state index in [4.69, 9.17) is 0 Å². The fourth-order valence-electron chi connectivity index (χ4n) is 1.75. The molecule has 1 atom stereocenters. The first kappa shape index (κ1) is 11.7. The second-order valence-corrected chi connectivity index (χ2v) is 3.70. The van der Waals surface area contributed by atoms with Crippen LogP contribution in [0.15, 0.2) is 12.7 Å². The molecule has 0 saturated carbocycles. The van der Waals surface area contributed by atoms with E-state index in [2.05, 4.69) is 33.4 Å². The zero-order chi connectivity index (χ0) is 9.40. The fourth-order valence-corrected chi connectivity index (χ4v) is 1.75. The molecule has 0 fully saturated rings. The van der Waals surface area contributed by atoms with Gasteiger partial charge in [-0.25, -0.2) is 0 Å². The lowest BCUT2D eigenvalue weighted by molar-refractivity contribution is 0.379. The van der Waals surface area contributed by atoms with Crippen molar-refractivity contribution in [2.75, 3.05) is 0 Å². The van der Waals surface area contributed by atoms with Crippen molar-refractivity contribution in [3.63, 3.8) is 0 Å². The lowest BCUT2D eigenvalue weighted by Crippen LogP contribution is -2.05. The van der Waals surface area contributed by atoms with Crippen LogP contribution in [0.25, 0.3) is 0 Å². The Bertz CT molecular complexity index is 101. The molecule has 0 aromatic rings. The first-order chi connectivity index (χ1) is 5.78. The lowest BCUT2D eigenvalue weighted by atomic mass is 9.88. The van der Waals surface area contributed by atoms with Crippen LogP contribution in [-0.2, 0) is 0 Å². The van der Waals surface area contributed by atoms with Gasteiger partial charge in [-0.05, 0) is 24.7 Å². The van der Waals surface area contributed by atoms with Crippen LogP contribution in [0.3, 0.4) is 0 Å². The molecular weight excluding hydrogens is 144 g/mol. The second kappa shape index (κ2) is 7.39. The summed E-state index contributed by atoms with van der Waals surface area (Å²) in [6, 6.07) is 0. The number of rotatable bonds is 7. The number of allylic oxidation sites excluding steroid dienone is 1. The summed E-state index contributed by atoms with van der Waals surface area (Å²) in [4.78, 5) is 0. The SMILES string of the molecule is C=CC(CCC)CC(CC)CC. The summed E-state index contributed by atoms with van der Waals surface area (Å²) in [5.41, 5.74) is 0. The molecule has 0 rings (SSSR count). The van der Waals surface area contributed by atoms with Crippen LogP contribution in [0.2, 0.25) is 0 Å². The molecule has 12 heavy (non-hydrogen) atoms. The summed E-state index contributed by atoms with van der Waals surface area (Å²) in [6.45, 7) is 10.7. The van der Waals surface area contributed by atoms with E-state index in [0.717, 1.165) is 11.8 Å². The third kappa shape index (κ3) is 4.58. The van der Waals surface area contributed by atoms with Gasteiger partial charge >= 0.3 is 0 Å². The maximum atomic E-state index is 3.90. The summed E-state index contributed by atoms with van der Waals surface area (Å²) >= 11 is 0. The van der Waals surface area contributed by atoms with Crippen molar-refractivity contribution in [1.29, 1.82) is 0 Å². The van der Waals surface area contributed by atoms with Crippen LogP contribution >= 0.6 is 0 Å². The molecular formula is C12H24. The standard InChI is InChI=1S/C12H24/c1-5-9-12(8-4)10-11(6-2)7-3/h8,11-12H,4-7,9-10H2,1-3H3. The Balaban J connectivity index is 3.73. The zero-order valence-corrected chi connectivity index (χ0v) is 8.97. The number of hydrogen-bond acceptors (Lipinski definition) is 0.